The number of alkyl halides is 3. The second kappa shape index (κ2) is 4.13. The fraction of sp³-hybridized carbons (Fsp3) is 0.444. The van der Waals surface area contributed by atoms with Crippen LogP contribution in [0.2, 0.25) is 0 Å². The highest BCUT2D eigenvalue weighted by molar-refractivity contribution is 7.14. The maximum absolute atomic E-state index is 11.9. The second-order valence-corrected chi connectivity index (χ2v) is 4.00. The van der Waals surface area contributed by atoms with Crippen molar-refractivity contribution in [2.24, 2.45) is 0 Å². The molecule has 0 N–H and O–H groups in total. The Morgan fingerprint density at radius 2 is 2.07 bits per heavy atom. The quantitative estimate of drug-likeness (QED) is 0.716. The molecule has 0 radical (unpaired) electrons. The van der Waals surface area contributed by atoms with Crippen molar-refractivity contribution in [2.45, 2.75) is 25.9 Å². The third-order valence-electron chi connectivity index (χ3n) is 1.65. The van der Waals surface area contributed by atoms with Crippen molar-refractivity contribution in [3.05, 3.63) is 21.9 Å². The molecule has 0 aliphatic carbocycles. The third-order valence-corrected chi connectivity index (χ3v) is 2.92. The number of halogens is 3. The average molecular weight is 222 g/mol. The Labute approximate surface area is 83.6 Å². The predicted molar refractivity (Wildman–Crippen MR) is 48.7 cm³/mol. The van der Waals surface area contributed by atoms with Gasteiger partial charge in [-0.3, -0.25) is 4.79 Å². The van der Waals surface area contributed by atoms with Crippen LogP contribution in [0, 0.1) is 0 Å². The molecule has 0 fully saturated rings. The van der Waals surface area contributed by atoms with E-state index in [2.05, 4.69) is 0 Å². The lowest BCUT2D eigenvalue weighted by Gasteiger charge is -2.02. The van der Waals surface area contributed by atoms with Crippen LogP contribution in [0.3, 0.4) is 0 Å². The van der Waals surface area contributed by atoms with E-state index in [1.807, 2.05) is 6.92 Å². The van der Waals surface area contributed by atoms with Crippen molar-refractivity contribution < 1.29 is 18.0 Å². The van der Waals surface area contributed by atoms with Crippen LogP contribution >= 0.6 is 11.3 Å². The number of thiophene rings is 1. The number of Topliss-reactive ketones (excluding diaryl/α,β-unsaturated/α-hetero) is 1. The normalized spacial score (nSPS) is 11.7. The van der Waals surface area contributed by atoms with Gasteiger partial charge in [-0.1, -0.05) is 6.92 Å². The largest absolute Gasteiger partial charge is 0.396 e. The zero-order valence-corrected chi connectivity index (χ0v) is 8.34. The molecule has 0 saturated carbocycles. The first-order chi connectivity index (χ1) is 6.42. The third kappa shape index (κ3) is 3.14. The molecular weight excluding hydrogens is 213 g/mol. The minimum absolute atomic E-state index is 0.194. The van der Waals surface area contributed by atoms with Crippen molar-refractivity contribution in [2.75, 3.05) is 0 Å². The molecule has 1 nitrogen and oxygen atoms in total. The summed E-state index contributed by atoms with van der Waals surface area (Å²) >= 11 is 1.13. The van der Waals surface area contributed by atoms with E-state index in [9.17, 15) is 18.0 Å². The van der Waals surface area contributed by atoms with E-state index in [1.54, 1.807) is 6.07 Å². The van der Waals surface area contributed by atoms with Crippen molar-refractivity contribution >= 4 is 17.1 Å². The molecule has 0 atom stereocenters. The topological polar surface area (TPSA) is 17.1 Å². The molecule has 1 aromatic rings. The summed E-state index contributed by atoms with van der Waals surface area (Å²) in [6, 6.07) is 3.14. The summed E-state index contributed by atoms with van der Waals surface area (Å²) in [4.78, 5) is 12.2. The first-order valence-electron chi connectivity index (χ1n) is 4.11. The van der Waals surface area contributed by atoms with E-state index in [4.69, 9.17) is 0 Å². The van der Waals surface area contributed by atoms with Crippen molar-refractivity contribution in [3.63, 3.8) is 0 Å². The zero-order valence-electron chi connectivity index (χ0n) is 7.52. The summed E-state index contributed by atoms with van der Waals surface area (Å²) in [6.07, 6.45) is -5.03. The lowest BCUT2D eigenvalue weighted by Crippen LogP contribution is -2.13. The molecule has 1 aromatic heterocycles. The van der Waals surface area contributed by atoms with Crippen molar-refractivity contribution in [1.82, 2.24) is 0 Å². The molecule has 0 spiro atoms. The molecule has 0 amide bonds. The molecule has 0 aliphatic rings. The van der Waals surface area contributed by atoms with Gasteiger partial charge in [-0.05, 0) is 18.6 Å². The second-order valence-electron chi connectivity index (χ2n) is 2.83. The average Bonchev–Trinajstić information content (AvgIpc) is 2.48. The highest BCUT2D eigenvalue weighted by Gasteiger charge is 2.31. The number of rotatable bonds is 3. The number of ketones is 1. The van der Waals surface area contributed by atoms with E-state index in [-0.39, 0.29) is 4.88 Å². The lowest BCUT2D eigenvalue weighted by molar-refractivity contribution is -0.125. The van der Waals surface area contributed by atoms with E-state index >= 15 is 0 Å². The highest BCUT2D eigenvalue weighted by Crippen LogP contribution is 2.25. The van der Waals surface area contributed by atoms with Gasteiger partial charge in [-0.25, -0.2) is 0 Å². The van der Waals surface area contributed by atoms with Gasteiger partial charge in [0.15, 0.2) is 5.78 Å². The summed E-state index contributed by atoms with van der Waals surface area (Å²) in [7, 11) is 0. The standard InChI is InChI=1S/C9H9F3OS/c1-2-6-3-4-8(14-6)7(13)5-9(10,11)12/h3-4H,2,5H2,1H3. The van der Waals surface area contributed by atoms with Gasteiger partial charge < -0.3 is 0 Å². The Morgan fingerprint density at radius 1 is 1.43 bits per heavy atom. The molecule has 0 saturated heterocycles. The molecule has 14 heavy (non-hydrogen) atoms. The summed E-state index contributed by atoms with van der Waals surface area (Å²) in [6.45, 7) is 1.89. The Morgan fingerprint density at radius 3 is 2.50 bits per heavy atom. The summed E-state index contributed by atoms with van der Waals surface area (Å²) in [5.41, 5.74) is 0. The van der Waals surface area contributed by atoms with Gasteiger partial charge in [0.2, 0.25) is 0 Å². The van der Waals surface area contributed by atoms with Crippen LogP contribution < -0.4 is 0 Å². The molecule has 0 unspecified atom stereocenters. The lowest BCUT2D eigenvalue weighted by atomic mass is 10.2. The Bertz CT molecular complexity index is 327. The molecule has 0 aromatic carbocycles. The highest BCUT2D eigenvalue weighted by atomic mass is 32.1. The van der Waals surface area contributed by atoms with Crippen LogP contribution in [0.4, 0.5) is 13.2 Å². The minimum Gasteiger partial charge on any atom is -0.293 e. The minimum atomic E-state index is -4.41. The van der Waals surface area contributed by atoms with Gasteiger partial charge in [-0.15, -0.1) is 11.3 Å². The van der Waals surface area contributed by atoms with E-state index in [0.29, 0.717) is 0 Å². The molecule has 1 heterocycles. The Kier molecular flexibility index (Phi) is 3.31. The monoisotopic (exact) mass is 222 g/mol. The maximum atomic E-state index is 11.9. The van der Waals surface area contributed by atoms with Gasteiger partial charge in [0.25, 0.3) is 0 Å². The van der Waals surface area contributed by atoms with E-state index in [0.717, 1.165) is 22.6 Å². The Hall–Kier alpha value is -0.840. The van der Waals surface area contributed by atoms with Gasteiger partial charge in [0.1, 0.15) is 6.42 Å². The SMILES string of the molecule is CCc1ccc(C(=O)CC(F)(F)F)s1. The number of aryl methyl sites for hydroxylation is 1. The van der Waals surface area contributed by atoms with Crippen LogP contribution in [-0.4, -0.2) is 12.0 Å². The van der Waals surface area contributed by atoms with Gasteiger partial charge in [0, 0.05) is 4.88 Å². The molecule has 5 heteroatoms. The van der Waals surface area contributed by atoms with Gasteiger partial charge in [-0.2, -0.15) is 13.2 Å². The predicted octanol–water partition coefficient (Wildman–Crippen LogP) is 3.45. The molecule has 78 valence electrons. The Balaban J connectivity index is 2.70. The fourth-order valence-electron chi connectivity index (χ4n) is 0.987. The van der Waals surface area contributed by atoms with E-state index in [1.165, 1.54) is 6.07 Å². The van der Waals surface area contributed by atoms with E-state index < -0.39 is 18.4 Å². The van der Waals surface area contributed by atoms with Crippen molar-refractivity contribution in [3.8, 4) is 0 Å². The van der Waals surface area contributed by atoms with Gasteiger partial charge in [0.05, 0.1) is 4.88 Å². The molecular formula is C9H9F3OS. The van der Waals surface area contributed by atoms with Crippen LogP contribution in [0.25, 0.3) is 0 Å². The number of carbonyl (C=O) groups excluding carboxylic acids is 1. The first kappa shape index (κ1) is 11.2. The number of hydrogen-bond acceptors (Lipinski definition) is 2. The number of carbonyl (C=O) groups is 1. The van der Waals surface area contributed by atoms with Crippen LogP contribution in [-0.2, 0) is 6.42 Å². The first-order valence-corrected chi connectivity index (χ1v) is 4.92. The summed E-state index contributed by atoms with van der Waals surface area (Å²) < 4.78 is 35.6. The van der Waals surface area contributed by atoms with Crippen LogP contribution in [0.15, 0.2) is 12.1 Å². The molecule has 0 aliphatic heterocycles. The molecule has 0 bridgehead atoms. The molecule has 1 rings (SSSR count). The number of hydrogen-bond donors (Lipinski definition) is 0. The van der Waals surface area contributed by atoms with Crippen LogP contribution in [0.5, 0.6) is 0 Å². The van der Waals surface area contributed by atoms with Crippen molar-refractivity contribution in [1.29, 1.82) is 0 Å². The summed E-state index contributed by atoms with van der Waals surface area (Å²) in [5.74, 6) is -0.845. The zero-order chi connectivity index (χ0) is 10.8. The van der Waals surface area contributed by atoms with Crippen LogP contribution in [0.1, 0.15) is 27.9 Å². The smallest absolute Gasteiger partial charge is 0.293 e. The van der Waals surface area contributed by atoms with Gasteiger partial charge >= 0.3 is 6.18 Å². The fourth-order valence-corrected chi connectivity index (χ4v) is 1.87. The summed E-state index contributed by atoms with van der Waals surface area (Å²) in [5, 5.41) is 0. The maximum Gasteiger partial charge on any atom is 0.396 e.